The highest BCUT2D eigenvalue weighted by Crippen LogP contribution is 2.36. The fraction of sp³-hybridized carbons (Fsp3) is 0.500. The SMILES string of the molecule is CN1CCCCCOc2cc3c(ncnc3cc2OCCCNCCOCCO)Nc2cc(Cl)c(F)cc2C1. The number of fused-ring (bicyclic) bond motifs is 2. The third kappa shape index (κ3) is 8.61. The van der Waals surface area contributed by atoms with E-state index in [9.17, 15) is 4.39 Å². The number of halogens is 2. The zero-order valence-corrected chi connectivity index (χ0v) is 23.1. The molecule has 0 radical (unpaired) electrons. The van der Waals surface area contributed by atoms with Gasteiger partial charge in [0.05, 0.1) is 43.6 Å². The lowest BCUT2D eigenvalue weighted by molar-refractivity contribution is 0.0938. The number of aliphatic hydroxyl groups is 1. The summed E-state index contributed by atoms with van der Waals surface area (Å²) < 4.78 is 32.0. The molecular formula is C28H37ClFN5O4. The molecule has 0 saturated carbocycles. The van der Waals surface area contributed by atoms with E-state index in [1.54, 1.807) is 6.07 Å². The van der Waals surface area contributed by atoms with E-state index in [-0.39, 0.29) is 11.6 Å². The van der Waals surface area contributed by atoms with Crippen molar-refractivity contribution in [1.82, 2.24) is 20.2 Å². The molecule has 1 aliphatic rings. The molecule has 0 amide bonds. The highest BCUT2D eigenvalue weighted by atomic mass is 35.5. The molecule has 0 fully saturated rings. The molecule has 0 aliphatic carbocycles. The summed E-state index contributed by atoms with van der Waals surface area (Å²) in [6.45, 7) is 4.96. The summed E-state index contributed by atoms with van der Waals surface area (Å²) >= 11 is 6.16. The Labute approximate surface area is 233 Å². The molecule has 9 nitrogen and oxygen atoms in total. The minimum atomic E-state index is -0.446. The monoisotopic (exact) mass is 561 g/mol. The number of nitrogens with zero attached hydrogens (tertiary/aromatic N) is 3. The molecular weight excluding hydrogens is 525 g/mol. The lowest BCUT2D eigenvalue weighted by atomic mass is 10.1. The molecule has 2 bridgehead atoms. The van der Waals surface area contributed by atoms with Crippen LogP contribution < -0.4 is 20.1 Å². The highest BCUT2D eigenvalue weighted by Gasteiger charge is 2.16. The predicted octanol–water partition coefficient (Wildman–Crippen LogP) is 4.53. The lowest BCUT2D eigenvalue weighted by Crippen LogP contribution is -2.22. The second-order valence-corrected chi connectivity index (χ2v) is 9.93. The van der Waals surface area contributed by atoms with E-state index in [2.05, 4.69) is 25.5 Å². The van der Waals surface area contributed by atoms with Crippen LogP contribution in [0.1, 0.15) is 31.2 Å². The van der Waals surface area contributed by atoms with Crippen molar-refractivity contribution in [2.45, 2.75) is 32.2 Å². The Kier molecular flexibility index (Phi) is 11.3. The Bertz CT molecular complexity index is 1220. The first kappa shape index (κ1) is 29.2. The van der Waals surface area contributed by atoms with Crippen LogP contribution in [-0.2, 0) is 11.3 Å². The molecule has 0 saturated heterocycles. The highest BCUT2D eigenvalue weighted by molar-refractivity contribution is 6.31. The molecule has 212 valence electrons. The Hall–Kier alpha value is -2.76. The first-order chi connectivity index (χ1) is 19.0. The van der Waals surface area contributed by atoms with Gasteiger partial charge in [0, 0.05) is 30.2 Å². The third-order valence-corrected chi connectivity index (χ3v) is 6.69. The zero-order valence-electron chi connectivity index (χ0n) is 22.3. The van der Waals surface area contributed by atoms with Crippen molar-refractivity contribution in [2.24, 2.45) is 0 Å². The van der Waals surface area contributed by atoms with Crippen LogP contribution in [0.15, 0.2) is 30.6 Å². The zero-order chi connectivity index (χ0) is 27.5. The van der Waals surface area contributed by atoms with E-state index in [1.165, 1.54) is 12.4 Å². The predicted molar refractivity (Wildman–Crippen MR) is 151 cm³/mol. The Balaban J connectivity index is 1.54. The number of benzene rings is 2. The first-order valence-corrected chi connectivity index (χ1v) is 13.8. The number of nitrogens with one attached hydrogen (secondary N) is 2. The van der Waals surface area contributed by atoms with Crippen LogP contribution in [0.5, 0.6) is 11.5 Å². The van der Waals surface area contributed by atoms with Gasteiger partial charge in [-0.2, -0.15) is 0 Å². The van der Waals surface area contributed by atoms with Gasteiger partial charge in [-0.3, -0.25) is 0 Å². The van der Waals surface area contributed by atoms with Crippen LogP contribution in [0.4, 0.5) is 15.9 Å². The van der Waals surface area contributed by atoms with Crippen molar-refractivity contribution in [3.05, 3.63) is 47.0 Å². The van der Waals surface area contributed by atoms with Crippen LogP contribution in [-0.4, -0.2) is 79.7 Å². The van der Waals surface area contributed by atoms with Crippen molar-refractivity contribution in [3.63, 3.8) is 0 Å². The van der Waals surface area contributed by atoms with Crippen molar-refractivity contribution >= 4 is 34.0 Å². The van der Waals surface area contributed by atoms with E-state index in [1.807, 2.05) is 19.2 Å². The number of rotatable bonds is 10. The molecule has 3 aromatic rings. The molecule has 2 heterocycles. The van der Waals surface area contributed by atoms with Crippen LogP contribution in [0, 0.1) is 5.82 Å². The Morgan fingerprint density at radius 2 is 2.03 bits per heavy atom. The number of anilines is 2. The smallest absolute Gasteiger partial charge is 0.163 e. The molecule has 39 heavy (non-hydrogen) atoms. The number of aromatic nitrogens is 2. The molecule has 1 aliphatic heterocycles. The largest absolute Gasteiger partial charge is 0.490 e. The van der Waals surface area contributed by atoms with E-state index >= 15 is 0 Å². The minimum absolute atomic E-state index is 0.0332. The summed E-state index contributed by atoms with van der Waals surface area (Å²) in [5.41, 5.74) is 2.19. The third-order valence-electron chi connectivity index (χ3n) is 6.40. The molecule has 11 heteroatoms. The van der Waals surface area contributed by atoms with Gasteiger partial charge in [-0.15, -0.1) is 0 Å². The quantitative estimate of drug-likeness (QED) is 0.308. The fourth-order valence-electron chi connectivity index (χ4n) is 4.38. The van der Waals surface area contributed by atoms with Crippen molar-refractivity contribution in [3.8, 4) is 11.5 Å². The summed E-state index contributed by atoms with van der Waals surface area (Å²) in [6.07, 6.45) is 5.21. The summed E-state index contributed by atoms with van der Waals surface area (Å²) in [5.74, 6) is 1.40. The number of aliphatic hydroxyl groups excluding tert-OH is 1. The van der Waals surface area contributed by atoms with Gasteiger partial charge in [-0.25, -0.2) is 14.4 Å². The maximum absolute atomic E-state index is 14.4. The maximum atomic E-state index is 14.4. The average Bonchev–Trinajstić information content (AvgIpc) is 2.92. The normalized spacial score (nSPS) is 14.8. The van der Waals surface area contributed by atoms with Crippen LogP contribution in [0.3, 0.4) is 0 Å². The van der Waals surface area contributed by atoms with Crippen LogP contribution in [0.25, 0.3) is 10.9 Å². The molecule has 1 aromatic heterocycles. The van der Waals surface area contributed by atoms with Gasteiger partial charge in [-0.1, -0.05) is 11.6 Å². The van der Waals surface area contributed by atoms with E-state index in [4.69, 9.17) is 30.9 Å². The van der Waals surface area contributed by atoms with Gasteiger partial charge in [0.15, 0.2) is 11.5 Å². The van der Waals surface area contributed by atoms with Gasteiger partial charge in [-0.05, 0) is 69.6 Å². The molecule has 0 spiro atoms. The Morgan fingerprint density at radius 3 is 2.90 bits per heavy atom. The summed E-state index contributed by atoms with van der Waals surface area (Å²) in [4.78, 5) is 11.1. The second-order valence-electron chi connectivity index (χ2n) is 9.52. The maximum Gasteiger partial charge on any atom is 0.163 e. The first-order valence-electron chi connectivity index (χ1n) is 13.4. The van der Waals surface area contributed by atoms with Gasteiger partial charge in [0.1, 0.15) is 18.0 Å². The summed E-state index contributed by atoms with van der Waals surface area (Å²) in [7, 11) is 2.03. The minimum Gasteiger partial charge on any atom is -0.490 e. The van der Waals surface area contributed by atoms with Crippen LogP contribution >= 0.6 is 11.6 Å². The molecule has 4 rings (SSSR count). The van der Waals surface area contributed by atoms with Gasteiger partial charge in [0.25, 0.3) is 0 Å². The van der Waals surface area contributed by atoms with Crippen molar-refractivity contribution in [2.75, 3.05) is 65.0 Å². The number of hydrogen-bond acceptors (Lipinski definition) is 9. The molecule has 0 atom stereocenters. The van der Waals surface area contributed by atoms with Crippen molar-refractivity contribution in [1.29, 1.82) is 0 Å². The van der Waals surface area contributed by atoms with Gasteiger partial charge in [0.2, 0.25) is 0 Å². The van der Waals surface area contributed by atoms with E-state index in [0.717, 1.165) is 49.7 Å². The number of ether oxygens (including phenoxy) is 3. The number of hydrogen-bond donors (Lipinski definition) is 3. The topological polar surface area (TPSA) is 101 Å². The molecule has 0 unspecified atom stereocenters. The van der Waals surface area contributed by atoms with E-state index < -0.39 is 5.82 Å². The molecule has 3 N–H and O–H groups in total. The standard InChI is InChI=1S/C28H37ClFN5O4/c1-35-8-3-2-4-10-38-26-15-21-25(17-27(26)39-11-5-6-31-7-12-37-13-9-36)32-19-33-28(21)34-24-16-22(29)23(30)14-20(24)18-35/h14-17,19,31,36H,2-13,18H2,1H3,(H,32,33,34). The fourth-order valence-corrected chi connectivity index (χ4v) is 4.54. The molecule has 2 aromatic carbocycles. The Morgan fingerprint density at radius 1 is 1.13 bits per heavy atom. The van der Waals surface area contributed by atoms with Crippen LogP contribution in [0.2, 0.25) is 5.02 Å². The lowest BCUT2D eigenvalue weighted by Gasteiger charge is -2.20. The summed E-state index contributed by atoms with van der Waals surface area (Å²) in [5, 5.41) is 16.2. The van der Waals surface area contributed by atoms with E-state index in [0.29, 0.717) is 68.0 Å². The van der Waals surface area contributed by atoms with Gasteiger partial charge >= 0.3 is 0 Å². The van der Waals surface area contributed by atoms with Gasteiger partial charge < -0.3 is 34.9 Å². The summed E-state index contributed by atoms with van der Waals surface area (Å²) in [6, 6.07) is 6.87. The second kappa shape index (κ2) is 15.1. The van der Waals surface area contributed by atoms with Crippen molar-refractivity contribution < 1.29 is 23.7 Å². The average molecular weight is 562 g/mol.